The predicted octanol–water partition coefficient (Wildman–Crippen LogP) is 3.19. The summed E-state index contributed by atoms with van der Waals surface area (Å²) in [6.45, 7) is 6.06. The van der Waals surface area contributed by atoms with Crippen LogP contribution in [0.5, 0.6) is 0 Å². The largest absolute Gasteiger partial charge is 0.478 e. The number of aryl methyl sites for hydroxylation is 1. The van der Waals surface area contributed by atoms with Gasteiger partial charge in [-0.15, -0.1) is 11.8 Å². The van der Waals surface area contributed by atoms with Crippen molar-refractivity contribution in [2.24, 2.45) is 0 Å². The number of carboxylic acids is 1. The summed E-state index contributed by atoms with van der Waals surface area (Å²) in [4.78, 5) is 11.8. The Morgan fingerprint density at radius 3 is 2.57 bits per heavy atom. The summed E-state index contributed by atoms with van der Waals surface area (Å²) in [6.07, 6.45) is 0. The van der Waals surface area contributed by atoms with E-state index in [9.17, 15) is 4.79 Å². The minimum Gasteiger partial charge on any atom is -0.478 e. The average Bonchev–Trinajstić information content (AvgIpc) is 2.07. The highest BCUT2D eigenvalue weighted by Gasteiger charge is 2.13. The number of benzene rings is 1. The molecular formula is C11H14O2S. The summed E-state index contributed by atoms with van der Waals surface area (Å²) in [5.41, 5.74) is 1.44. The molecular weight excluding hydrogens is 196 g/mol. The fraction of sp³-hybridized carbons (Fsp3) is 0.364. The molecule has 1 aromatic rings. The molecule has 76 valence electrons. The summed E-state index contributed by atoms with van der Waals surface area (Å²) in [5.74, 6) is -0.850. The number of hydrogen-bond donors (Lipinski definition) is 1. The fourth-order valence-electron chi connectivity index (χ4n) is 1.21. The Morgan fingerprint density at radius 1 is 1.43 bits per heavy atom. The molecule has 0 heterocycles. The summed E-state index contributed by atoms with van der Waals surface area (Å²) < 4.78 is 0. The van der Waals surface area contributed by atoms with Crippen molar-refractivity contribution < 1.29 is 9.90 Å². The van der Waals surface area contributed by atoms with E-state index >= 15 is 0 Å². The first kappa shape index (κ1) is 11.1. The van der Waals surface area contributed by atoms with Crippen molar-refractivity contribution in [3.05, 3.63) is 29.3 Å². The van der Waals surface area contributed by atoms with E-state index in [0.29, 0.717) is 10.8 Å². The van der Waals surface area contributed by atoms with Crippen LogP contribution in [0, 0.1) is 6.92 Å². The van der Waals surface area contributed by atoms with Gasteiger partial charge >= 0.3 is 5.97 Å². The second kappa shape index (κ2) is 4.51. The van der Waals surface area contributed by atoms with Gasteiger partial charge in [-0.1, -0.05) is 26.0 Å². The minimum atomic E-state index is -0.850. The van der Waals surface area contributed by atoms with Crippen molar-refractivity contribution >= 4 is 17.7 Å². The predicted molar refractivity (Wildman–Crippen MR) is 59.1 cm³/mol. The summed E-state index contributed by atoms with van der Waals surface area (Å²) in [7, 11) is 0. The van der Waals surface area contributed by atoms with Gasteiger partial charge in [0.25, 0.3) is 0 Å². The molecule has 0 saturated heterocycles. The molecule has 1 rings (SSSR count). The summed E-state index contributed by atoms with van der Waals surface area (Å²) in [5, 5.41) is 9.39. The van der Waals surface area contributed by atoms with Crippen LogP contribution in [0.4, 0.5) is 0 Å². The van der Waals surface area contributed by atoms with Gasteiger partial charge in [-0.05, 0) is 18.6 Å². The molecule has 0 aliphatic heterocycles. The molecule has 0 aliphatic carbocycles. The maximum atomic E-state index is 10.9. The summed E-state index contributed by atoms with van der Waals surface area (Å²) >= 11 is 1.60. The molecule has 2 nitrogen and oxygen atoms in total. The highest BCUT2D eigenvalue weighted by atomic mass is 32.2. The second-order valence-electron chi connectivity index (χ2n) is 3.42. The fourth-order valence-corrected chi connectivity index (χ4v) is 2.22. The van der Waals surface area contributed by atoms with Gasteiger partial charge < -0.3 is 5.11 Å². The Hall–Kier alpha value is -0.960. The Labute approximate surface area is 88.3 Å². The van der Waals surface area contributed by atoms with E-state index in [1.54, 1.807) is 23.9 Å². The average molecular weight is 210 g/mol. The SMILES string of the molecule is Cc1cccc(C(=O)O)c1SC(C)C. The standard InChI is InChI=1S/C11H14O2S/c1-7(2)14-10-8(3)5-4-6-9(10)11(12)13/h4-7H,1-3H3,(H,12,13). The first-order valence-corrected chi connectivity index (χ1v) is 5.40. The van der Waals surface area contributed by atoms with Crippen molar-refractivity contribution in [3.8, 4) is 0 Å². The van der Waals surface area contributed by atoms with Gasteiger partial charge in [-0.2, -0.15) is 0 Å². The molecule has 0 bridgehead atoms. The lowest BCUT2D eigenvalue weighted by Crippen LogP contribution is -2.01. The molecule has 0 atom stereocenters. The van der Waals surface area contributed by atoms with E-state index in [-0.39, 0.29) is 0 Å². The van der Waals surface area contributed by atoms with E-state index in [0.717, 1.165) is 10.5 Å². The van der Waals surface area contributed by atoms with Crippen molar-refractivity contribution in [2.75, 3.05) is 0 Å². The van der Waals surface area contributed by atoms with Crippen LogP contribution in [0.25, 0.3) is 0 Å². The quantitative estimate of drug-likeness (QED) is 0.778. The van der Waals surface area contributed by atoms with Crippen LogP contribution in [-0.2, 0) is 0 Å². The zero-order valence-electron chi connectivity index (χ0n) is 8.57. The van der Waals surface area contributed by atoms with Crippen molar-refractivity contribution in [3.63, 3.8) is 0 Å². The van der Waals surface area contributed by atoms with Gasteiger partial charge in [-0.25, -0.2) is 4.79 Å². The molecule has 0 amide bonds. The maximum absolute atomic E-state index is 10.9. The number of hydrogen-bond acceptors (Lipinski definition) is 2. The zero-order valence-corrected chi connectivity index (χ0v) is 9.39. The monoisotopic (exact) mass is 210 g/mol. The Bertz CT molecular complexity index is 345. The molecule has 1 N–H and O–H groups in total. The molecule has 0 fully saturated rings. The molecule has 0 aromatic heterocycles. The van der Waals surface area contributed by atoms with Crippen LogP contribution in [0.2, 0.25) is 0 Å². The van der Waals surface area contributed by atoms with Crippen molar-refractivity contribution in [2.45, 2.75) is 30.9 Å². The van der Waals surface area contributed by atoms with E-state index in [1.807, 2.05) is 13.0 Å². The van der Waals surface area contributed by atoms with E-state index in [1.165, 1.54) is 0 Å². The maximum Gasteiger partial charge on any atom is 0.336 e. The van der Waals surface area contributed by atoms with Gasteiger partial charge in [0.1, 0.15) is 0 Å². The second-order valence-corrected chi connectivity index (χ2v) is 5.01. The first-order chi connectivity index (χ1) is 6.52. The van der Waals surface area contributed by atoms with Crippen LogP contribution >= 0.6 is 11.8 Å². The smallest absolute Gasteiger partial charge is 0.336 e. The van der Waals surface area contributed by atoms with Crippen LogP contribution in [0.15, 0.2) is 23.1 Å². The molecule has 14 heavy (non-hydrogen) atoms. The van der Waals surface area contributed by atoms with Crippen LogP contribution in [0.3, 0.4) is 0 Å². The van der Waals surface area contributed by atoms with Gasteiger partial charge in [0, 0.05) is 10.1 Å². The van der Waals surface area contributed by atoms with E-state index in [4.69, 9.17) is 5.11 Å². The van der Waals surface area contributed by atoms with Crippen LogP contribution in [0.1, 0.15) is 29.8 Å². The normalized spacial score (nSPS) is 10.6. The molecule has 0 saturated carbocycles. The first-order valence-electron chi connectivity index (χ1n) is 4.52. The molecule has 3 heteroatoms. The van der Waals surface area contributed by atoms with Gasteiger partial charge in [-0.3, -0.25) is 0 Å². The Kier molecular flexibility index (Phi) is 3.58. The summed E-state index contributed by atoms with van der Waals surface area (Å²) in [6, 6.07) is 5.38. The van der Waals surface area contributed by atoms with Gasteiger partial charge in [0.2, 0.25) is 0 Å². The molecule has 0 spiro atoms. The van der Waals surface area contributed by atoms with Crippen molar-refractivity contribution in [1.82, 2.24) is 0 Å². The molecule has 1 aromatic carbocycles. The van der Waals surface area contributed by atoms with E-state index < -0.39 is 5.97 Å². The molecule has 0 radical (unpaired) electrons. The minimum absolute atomic E-state index is 0.397. The Morgan fingerprint density at radius 2 is 2.07 bits per heavy atom. The molecule has 0 aliphatic rings. The van der Waals surface area contributed by atoms with Crippen LogP contribution < -0.4 is 0 Å². The lowest BCUT2D eigenvalue weighted by atomic mass is 10.1. The third-order valence-corrected chi connectivity index (χ3v) is 3.04. The number of aromatic carboxylic acids is 1. The van der Waals surface area contributed by atoms with Gasteiger partial charge in [0.15, 0.2) is 0 Å². The lowest BCUT2D eigenvalue weighted by molar-refractivity contribution is 0.0693. The van der Waals surface area contributed by atoms with Crippen molar-refractivity contribution in [1.29, 1.82) is 0 Å². The third kappa shape index (κ3) is 2.51. The highest BCUT2D eigenvalue weighted by molar-refractivity contribution is 8.00. The highest BCUT2D eigenvalue weighted by Crippen LogP contribution is 2.29. The van der Waals surface area contributed by atoms with E-state index in [2.05, 4.69) is 13.8 Å². The number of carbonyl (C=O) groups is 1. The lowest BCUT2D eigenvalue weighted by Gasteiger charge is -2.11. The zero-order chi connectivity index (χ0) is 10.7. The topological polar surface area (TPSA) is 37.3 Å². The Balaban J connectivity index is 3.15. The third-order valence-electron chi connectivity index (χ3n) is 1.80. The number of rotatable bonds is 3. The number of thioether (sulfide) groups is 1. The molecule has 0 unspecified atom stereocenters. The van der Waals surface area contributed by atoms with Crippen LogP contribution in [-0.4, -0.2) is 16.3 Å². The van der Waals surface area contributed by atoms with Gasteiger partial charge in [0.05, 0.1) is 5.56 Å². The number of carboxylic acid groups (broad SMARTS) is 1.